The summed E-state index contributed by atoms with van der Waals surface area (Å²) in [4.78, 5) is 29.2. The van der Waals surface area contributed by atoms with E-state index in [2.05, 4.69) is 26.2 Å². The molecule has 0 radical (unpaired) electrons. The third kappa shape index (κ3) is 3.45. The van der Waals surface area contributed by atoms with E-state index in [0.717, 1.165) is 0 Å². The molecule has 0 saturated carbocycles. The van der Waals surface area contributed by atoms with Gasteiger partial charge in [-0.1, -0.05) is 0 Å². The summed E-state index contributed by atoms with van der Waals surface area (Å²) in [6.07, 6.45) is 0. The van der Waals surface area contributed by atoms with E-state index in [1.54, 1.807) is 19.2 Å². The van der Waals surface area contributed by atoms with Crippen molar-refractivity contribution in [2.24, 2.45) is 0 Å². The molecule has 1 N–H and O–H groups in total. The van der Waals surface area contributed by atoms with Gasteiger partial charge in [-0.05, 0) is 28.1 Å². The summed E-state index contributed by atoms with van der Waals surface area (Å²) < 4.78 is 10.7. The smallest absolute Gasteiger partial charge is 0.266 e. The number of fused-ring (bicyclic) bond motifs is 1. The molecule has 108 valence electrons. The lowest BCUT2D eigenvalue weighted by molar-refractivity contribution is -0.125. The van der Waals surface area contributed by atoms with Gasteiger partial charge in [-0.3, -0.25) is 14.5 Å². The van der Waals surface area contributed by atoms with E-state index in [9.17, 15) is 9.59 Å². The zero-order valence-corrected chi connectivity index (χ0v) is 12.5. The number of nitrogens with zero attached hydrogens (tertiary/aromatic N) is 2. The summed E-state index contributed by atoms with van der Waals surface area (Å²) in [6, 6.07) is 3.42. The fourth-order valence-electron chi connectivity index (χ4n) is 1.71. The molecule has 0 spiro atoms. The fraction of sp³-hybridized carbons (Fsp3) is 0.417. The van der Waals surface area contributed by atoms with Crippen LogP contribution in [0.1, 0.15) is 0 Å². The van der Waals surface area contributed by atoms with Crippen molar-refractivity contribution in [1.82, 2.24) is 10.3 Å². The Morgan fingerprint density at radius 3 is 3.15 bits per heavy atom. The Labute approximate surface area is 124 Å². The number of amides is 2. The molecule has 2 heterocycles. The second-order valence-corrected chi connectivity index (χ2v) is 4.88. The standard InChI is InChI=1S/C12H14BrN3O4/c1-19-5-4-14-10(17)6-16-11(18)7-20-8-2-3-9(13)15-12(8)16/h2-3H,4-7H2,1H3,(H,14,17). The van der Waals surface area contributed by atoms with Crippen molar-refractivity contribution in [2.75, 3.05) is 38.3 Å². The van der Waals surface area contributed by atoms with Crippen LogP contribution in [-0.4, -0.2) is 50.2 Å². The van der Waals surface area contributed by atoms with E-state index in [4.69, 9.17) is 9.47 Å². The molecule has 7 nitrogen and oxygen atoms in total. The summed E-state index contributed by atoms with van der Waals surface area (Å²) >= 11 is 3.23. The van der Waals surface area contributed by atoms with Gasteiger partial charge >= 0.3 is 0 Å². The highest BCUT2D eigenvalue weighted by Crippen LogP contribution is 2.31. The molecule has 0 aromatic carbocycles. The van der Waals surface area contributed by atoms with Crippen LogP contribution in [0.5, 0.6) is 5.75 Å². The van der Waals surface area contributed by atoms with E-state index < -0.39 is 0 Å². The molecule has 1 aliphatic rings. The third-order valence-corrected chi connectivity index (χ3v) is 3.08. The molecule has 20 heavy (non-hydrogen) atoms. The van der Waals surface area contributed by atoms with Crippen molar-refractivity contribution < 1.29 is 19.1 Å². The highest BCUT2D eigenvalue weighted by atomic mass is 79.9. The number of nitrogens with one attached hydrogen (secondary N) is 1. The van der Waals surface area contributed by atoms with Gasteiger partial charge in [-0.25, -0.2) is 4.98 Å². The molecule has 0 saturated heterocycles. The van der Waals surface area contributed by atoms with Crippen molar-refractivity contribution in [3.63, 3.8) is 0 Å². The highest BCUT2D eigenvalue weighted by Gasteiger charge is 2.28. The minimum atomic E-state index is -0.301. The lowest BCUT2D eigenvalue weighted by Crippen LogP contribution is -2.46. The van der Waals surface area contributed by atoms with Crippen molar-refractivity contribution in [3.8, 4) is 5.75 Å². The summed E-state index contributed by atoms with van der Waals surface area (Å²) in [5, 5.41) is 2.66. The van der Waals surface area contributed by atoms with E-state index in [1.807, 2.05) is 0 Å². The van der Waals surface area contributed by atoms with Gasteiger partial charge < -0.3 is 14.8 Å². The number of hydrogen-bond donors (Lipinski definition) is 1. The Bertz CT molecular complexity index is 523. The quantitative estimate of drug-likeness (QED) is 0.615. The zero-order valence-electron chi connectivity index (χ0n) is 10.9. The largest absolute Gasteiger partial charge is 0.480 e. The summed E-state index contributed by atoms with van der Waals surface area (Å²) in [6.45, 7) is 0.625. The minimum absolute atomic E-state index is 0.0949. The first-order chi connectivity index (χ1) is 9.61. The van der Waals surface area contributed by atoms with Crippen molar-refractivity contribution in [3.05, 3.63) is 16.7 Å². The second kappa shape index (κ2) is 6.67. The fourth-order valence-corrected chi connectivity index (χ4v) is 2.01. The molecule has 0 aliphatic carbocycles. The average Bonchev–Trinajstić information content (AvgIpc) is 2.42. The number of pyridine rings is 1. The van der Waals surface area contributed by atoms with Gasteiger partial charge in [0, 0.05) is 13.7 Å². The number of hydrogen-bond acceptors (Lipinski definition) is 5. The maximum atomic E-state index is 11.9. The molecule has 0 atom stereocenters. The van der Waals surface area contributed by atoms with Gasteiger partial charge in [-0.15, -0.1) is 0 Å². The van der Waals surface area contributed by atoms with Crippen LogP contribution in [0.15, 0.2) is 16.7 Å². The van der Waals surface area contributed by atoms with Crippen molar-refractivity contribution in [1.29, 1.82) is 0 Å². The lowest BCUT2D eigenvalue weighted by atomic mass is 10.3. The van der Waals surface area contributed by atoms with Gasteiger partial charge in [0.25, 0.3) is 5.91 Å². The highest BCUT2D eigenvalue weighted by molar-refractivity contribution is 9.10. The van der Waals surface area contributed by atoms with Crippen LogP contribution >= 0.6 is 15.9 Å². The summed E-state index contributed by atoms with van der Waals surface area (Å²) in [7, 11) is 1.55. The van der Waals surface area contributed by atoms with Crippen molar-refractivity contribution >= 4 is 33.6 Å². The normalized spacial score (nSPS) is 13.7. The van der Waals surface area contributed by atoms with Gasteiger partial charge in [0.05, 0.1) is 6.61 Å². The van der Waals surface area contributed by atoms with Gasteiger partial charge in [0.1, 0.15) is 11.1 Å². The van der Waals surface area contributed by atoms with Crippen LogP contribution in [0.4, 0.5) is 5.82 Å². The van der Waals surface area contributed by atoms with Crippen LogP contribution in [-0.2, 0) is 14.3 Å². The van der Waals surface area contributed by atoms with Gasteiger partial charge in [0.2, 0.25) is 5.91 Å². The topological polar surface area (TPSA) is 80.8 Å². The van der Waals surface area contributed by atoms with Crippen LogP contribution in [0.2, 0.25) is 0 Å². The first-order valence-electron chi connectivity index (χ1n) is 5.97. The molecule has 2 rings (SSSR count). The number of methoxy groups -OCH3 is 1. The predicted octanol–water partition coefficient (Wildman–Crippen LogP) is 0.332. The zero-order chi connectivity index (χ0) is 14.5. The minimum Gasteiger partial charge on any atom is -0.480 e. The number of aromatic nitrogens is 1. The number of halogens is 1. The molecule has 1 aliphatic heterocycles. The van der Waals surface area contributed by atoms with Gasteiger partial charge in [-0.2, -0.15) is 0 Å². The second-order valence-electron chi connectivity index (χ2n) is 4.07. The predicted molar refractivity (Wildman–Crippen MR) is 74.7 cm³/mol. The molecular weight excluding hydrogens is 330 g/mol. The number of rotatable bonds is 5. The first-order valence-corrected chi connectivity index (χ1v) is 6.76. The molecule has 2 amide bonds. The van der Waals surface area contributed by atoms with Gasteiger partial charge in [0.15, 0.2) is 18.2 Å². The Morgan fingerprint density at radius 1 is 1.60 bits per heavy atom. The first kappa shape index (κ1) is 14.7. The number of carbonyl (C=O) groups excluding carboxylic acids is 2. The number of anilines is 1. The SMILES string of the molecule is COCCNC(=O)CN1C(=O)COc2ccc(Br)nc21. The van der Waals surface area contributed by atoms with Crippen LogP contribution < -0.4 is 15.0 Å². The van der Waals surface area contributed by atoms with Crippen LogP contribution in [0.3, 0.4) is 0 Å². The molecular formula is C12H14BrN3O4. The Balaban J connectivity index is 2.09. The molecule has 1 aromatic heterocycles. The molecule has 8 heteroatoms. The van der Waals surface area contributed by atoms with Crippen LogP contribution in [0, 0.1) is 0 Å². The van der Waals surface area contributed by atoms with Crippen LogP contribution in [0.25, 0.3) is 0 Å². The van der Waals surface area contributed by atoms with Crippen molar-refractivity contribution in [2.45, 2.75) is 0 Å². The Kier molecular flexibility index (Phi) is 4.91. The lowest BCUT2D eigenvalue weighted by Gasteiger charge is -2.27. The molecule has 0 fully saturated rings. The monoisotopic (exact) mass is 343 g/mol. The van der Waals surface area contributed by atoms with E-state index >= 15 is 0 Å². The third-order valence-electron chi connectivity index (χ3n) is 2.64. The van der Waals surface area contributed by atoms with E-state index in [-0.39, 0.29) is 25.0 Å². The van der Waals surface area contributed by atoms with E-state index in [0.29, 0.717) is 29.3 Å². The Hall–Kier alpha value is -1.67. The maximum absolute atomic E-state index is 11.9. The van der Waals surface area contributed by atoms with E-state index in [1.165, 1.54) is 4.90 Å². The Morgan fingerprint density at radius 2 is 2.40 bits per heavy atom. The number of carbonyl (C=O) groups is 2. The number of ether oxygens (including phenoxy) is 2. The maximum Gasteiger partial charge on any atom is 0.266 e. The summed E-state index contributed by atoms with van der Waals surface area (Å²) in [5.41, 5.74) is 0. The summed E-state index contributed by atoms with van der Waals surface area (Å²) in [5.74, 6) is 0.255. The molecule has 0 unspecified atom stereocenters. The molecule has 0 bridgehead atoms. The molecule has 1 aromatic rings. The average molecular weight is 344 g/mol.